The summed E-state index contributed by atoms with van der Waals surface area (Å²) in [5.41, 5.74) is 0.158. The molecule has 0 unspecified atom stereocenters. The molecule has 5 aliphatic rings. The van der Waals surface area contributed by atoms with E-state index in [1.54, 1.807) is 0 Å². The first-order valence-corrected chi connectivity index (χ1v) is 8.41. The third-order valence-electron chi connectivity index (χ3n) is 6.28. The maximum Gasteiger partial charge on any atom is 0.273 e. The maximum atomic E-state index is 13.1. The van der Waals surface area contributed by atoms with E-state index in [-0.39, 0.29) is 46.9 Å². The number of amides is 2. The number of benzene rings is 1. The van der Waals surface area contributed by atoms with Crippen LogP contribution in [0.1, 0.15) is 6.42 Å². The molecule has 1 saturated heterocycles. The van der Waals surface area contributed by atoms with E-state index in [2.05, 4.69) is 12.2 Å². The Labute approximate surface area is 143 Å². The fraction of sp³-hybridized carbons (Fsp3) is 0.444. The van der Waals surface area contributed by atoms with Gasteiger partial charge in [0, 0.05) is 6.07 Å². The minimum Gasteiger partial charge on any atom is -0.494 e. The molecular weight excluding hydrogens is 324 g/mol. The van der Waals surface area contributed by atoms with E-state index in [1.807, 2.05) is 0 Å². The monoisotopic (exact) mass is 340 g/mol. The molecule has 7 nitrogen and oxygen atoms in total. The first kappa shape index (κ1) is 14.6. The molecule has 6 atom stereocenters. The highest BCUT2D eigenvalue weighted by atomic mass is 16.6. The van der Waals surface area contributed by atoms with Gasteiger partial charge in [-0.1, -0.05) is 12.2 Å². The molecule has 0 radical (unpaired) electrons. The fourth-order valence-electron chi connectivity index (χ4n) is 5.16. The summed E-state index contributed by atoms with van der Waals surface area (Å²) in [6, 6.07) is 3.98. The van der Waals surface area contributed by atoms with Crippen molar-refractivity contribution in [1.82, 2.24) is 0 Å². The van der Waals surface area contributed by atoms with Gasteiger partial charge in [0.05, 0.1) is 35.6 Å². The van der Waals surface area contributed by atoms with E-state index >= 15 is 0 Å². The lowest BCUT2D eigenvalue weighted by Gasteiger charge is -2.37. The Morgan fingerprint density at radius 1 is 1.12 bits per heavy atom. The number of carbonyl (C=O) groups is 2. The van der Waals surface area contributed by atoms with Crippen LogP contribution in [0.4, 0.5) is 11.4 Å². The van der Waals surface area contributed by atoms with Crippen LogP contribution in [0.3, 0.4) is 0 Å². The number of rotatable bonds is 3. The molecule has 6 rings (SSSR count). The molecule has 0 N–H and O–H groups in total. The zero-order valence-corrected chi connectivity index (χ0v) is 13.5. The Morgan fingerprint density at radius 3 is 2.24 bits per heavy atom. The first-order chi connectivity index (χ1) is 12.0. The number of imide groups is 1. The molecule has 1 heterocycles. The summed E-state index contributed by atoms with van der Waals surface area (Å²) in [5, 5.41) is 11.0. The van der Waals surface area contributed by atoms with Gasteiger partial charge in [-0.2, -0.15) is 0 Å². The normalized spacial score (nSPS) is 37.1. The molecular formula is C18H16N2O5. The molecule has 2 saturated carbocycles. The van der Waals surface area contributed by atoms with E-state index in [9.17, 15) is 19.7 Å². The molecule has 1 aromatic carbocycles. The van der Waals surface area contributed by atoms with Gasteiger partial charge in [0.15, 0.2) is 0 Å². The lowest BCUT2D eigenvalue weighted by molar-refractivity contribution is -0.384. The number of ether oxygens (including phenoxy) is 1. The smallest absolute Gasteiger partial charge is 0.273 e. The number of nitro groups is 1. The number of methoxy groups -OCH3 is 1. The van der Waals surface area contributed by atoms with E-state index < -0.39 is 4.92 Å². The van der Waals surface area contributed by atoms with Crippen LogP contribution < -0.4 is 9.64 Å². The van der Waals surface area contributed by atoms with Crippen LogP contribution >= 0.6 is 0 Å². The van der Waals surface area contributed by atoms with Gasteiger partial charge in [0.2, 0.25) is 11.8 Å². The average molecular weight is 340 g/mol. The van der Waals surface area contributed by atoms with Gasteiger partial charge < -0.3 is 4.74 Å². The zero-order valence-electron chi connectivity index (χ0n) is 13.5. The summed E-state index contributed by atoms with van der Waals surface area (Å²) in [6.45, 7) is 0. The van der Waals surface area contributed by atoms with Gasteiger partial charge in [-0.05, 0) is 36.2 Å². The summed E-state index contributed by atoms with van der Waals surface area (Å²) in [7, 11) is 1.38. The molecule has 3 fully saturated rings. The topological polar surface area (TPSA) is 89.8 Å². The van der Waals surface area contributed by atoms with Gasteiger partial charge in [-0.25, -0.2) is 4.90 Å². The number of hydrogen-bond acceptors (Lipinski definition) is 5. The summed E-state index contributed by atoms with van der Waals surface area (Å²) in [5.74, 6) is 0.519. The van der Waals surface area contributed by atoms with Gasteiger partial charge in [0.25, 0.3) is 5.69 Å². The molecule has 1 aromatic rings. The summed E-state index contributed by atoms with van der Waals surface area (Å²) in [4.78, 5) is 37.8. The summed E-state index contributed by atoms with van der Waals surface area (Å²) < 4.78 is 5.23. The minimum absolute atomic E-state index is 0.139. The lowest BCUT2D eigenvalue weighted by atomic mass is 9.63. The summed E-state index contributed by atoms with van der Waals surface area (Å²) >= 11 is 0. The van der Waals surface area contributed by atoms with Crippen LogP contribution in [0, 0.1) is 45.6 Å². The van der Waals surface area contributed by atoms with E-state index in [0.717, 1.165) is 6.42 Å². The molecule has 0 spiro atoms. The molecule has 4 aliphatic carbocycles. The van der Waals surface area contributed by atoms with Gasteiger partial charge in [0.1, 0.15) is 5.75 Å². The van der Waals surface area contributed by atoms with Crippen molar-refractivity contribution in [2.45, 2.75) is 6.42 Å². The third kappa shape index (κ3) is 1.75. The second-order valence-corrected chi connectivity index (χ2v) is 7.28. The van der Waals surface area contributed by atoms with Crippen molar-refractivity contribution in [1.29, 1.82) is 0 Å². The Kier molecular flexibility index (Phi) is 2.74. The molecule has 2 amide bonds. The number of allylic oxidation sites excluding steroid dienone is 2. The highest BCUT2D eigenvalue weighted by Gasteiger charge is 2.67. The van der Waals surface area contributed by atoms with E-state index in [4.69, 9.17) is 4.74 Å². The summed E-state index contributed by atoms with van der Waals surface area (Å²) in [6.07, 6.45) is 5.33. The fourth-order valence-corrected chi connectivity index (χ4v) is 5.16. The van der Waals surface area contributed by atoms with E-state index in [1.165, 1.54) is 30.2 Å². The number of nitrogens with zero attached hydrogens (tertiary/aromatic N) is 2. The second-order valence-electron chi connectivity index (χ2n) is 7.28. The Hall–Kier alpha value is -2.70. The van der Waals surface area contributed by atoms with E-state index in [0.29, 0.717) is 17.5 Å². The van der Waals surface area contributed by atoms with Crippen LogP contribution in [0.5, 0.6) is 5.75 Å². The lowest BCUT2D eigenvalue weighted by Crippen LogP contribution is -2.40. The average Bonchev–Trinajstić information content (AvgIpc) is 3.39. The van der Waals surface area contributed by atoms with Crippen LogP contribution in [-0.4, -0.2) is 23.8 Å². The predicted octanol–water partition coefficient (Wildman–Crippen LogP) is 2.16. The van der Waals surface area contributed by atoms with Crippen LogP contribution in [0.15, 0.2) is 30.4 Å². The van der Waals surface area contributed by atoms with Crippen LogP contribution in [0.2, 0.25) is 0 Å². The van der Waals surface area contributed by atoms with Crippen molar-refractivity contribution < 1.29 is 19.2 Å². The van der Waals surface area contributed by atoms with Gasteiger partial charge in [-0.3, -0.25) is 19.7 Å². The zero-order chi connectivity index (χ0) is 17.5. The van der Waals surface area contributed by atoms with Gasteiger partial charge in [-0.15, -0.1) is 0 Å². The van der Waals surface area contributed by atoms with Crippen molar-refractivity contribution in [3.63, 3.8) is 0 Å². The standard InChI is InChI=1S/C18H16N2O5/c1-25-14-6-8(20(23)24)2-5-13(14)19-17(21)15-9-3-4-10(12-7-11(9)12)16(15)18(19)22/h2-6,9-12,15-16H,7H2,1H3/t9-,10-,11-,12-,15-,16+/m0/s1. The van der Waals surface area contributed by atoms with Crippen molar-refractivity contribution >= 4 is 23.2 Å². The second kappa shape index (κ2) is 4.68. The third-order valence-corrected chi connectivity index (χ3v) is 6.28. The first-order valence-electron chi connectivity index (χ1n) is 8.41. The number of nitro benzene ring substituents is 1. The molecule has 1 aliphatic heterocycles. The molecule has 2 bridgehead atoms. The molecule has 7 heteroatoms. The van der Waals surface area contributed by atoms with Crippen molar-refractivity contribution in [2.24, 2.45) is 35.5 Å². The van der Waals surface area contributed by atoms with Crippen molar-refractivity contribution in [3.8, 4) is 5.75 Å². The highest BCUT2D eigenvalue weighted by molar-refractivity contribution is 6.23. The van der Waals surface area contributed by atoms with Crippen molar-refractivity contribution in [2.75, 3.05) is 12.0 Å². The number of non-ortho nitro benzene ring substituents is 1. The predicted molar refractivity (Wildman–Crippen MR) is 86.8 cm³/mol. The largest absolute Gasteiger partial charge is 0.494 e. The molecule has 25 heavy (non-hydrogen) atoms. The van der Waals surface area contributed by atoms with Crippen LogP contribution in [0.25, 0.3) is 0 Å². The number of anilines is 1. The Bertz CT molecular complexity index is 827. The quantitative estimate of drug-likeness (QED) is 0.364. The maximum absolute atomic E-state index is 13.1. The Morgan fingerprint density at radius 2 is 1.72 bits per heavy atom. The van der Waals surface area contributed by atoms with Crippen LogP contribution in [-0.2, 0) is 9.59 Å². The van der Waals surface area contributed by atoms with Crippen molar-refractivity contribution in [3.05, 3.63) is 40.5 Å². The Balaban J connectivity index is 1.57. The SMILES string of the molecule is COc1cc([N+](=O)[O-])ccc1N1C(=O)[C@@H]2[C@H]3C=C[C@@H]([C@@H]4C[C@@H]34)[C@@H]2C1=O. The number of carbonyl (C=O) groups excluding carboxylic acids is 2. The highest BCUT2D eigenvalue weighted by Crippen LogP contribution is 2.65. The van der Waals surface area contributed by atoms with Gasteiger partial charge >= 0.3 is 0 Å². The number of hydrogen-bond donors (Lipinski definition) is 0. The minimum atomic E-state index is -0.530. The molecule has 128 valence electrons. The molecule has 0 aromatic heterocycles.